The highest BCUT2D eigenvalue weighted by molar-refractivity contribution is 5.77. The van der Waals surface area contributed by atoms with Crippen molar-refractivity contribution < 1.29 is 9.53 Å². The summed E-state index contributed by atoms with van der Waals surface area (Å²) in [7, 11) is 3.44. The molecule has 0 N–H and O–H groups in total. The van der Waals surface area contributed by atoms with Crippen LogP contribution in [-0.4, -0.2) is 57.4 Å². The molecule has 1 unspecified atom stereocenters. The molecule has 0 aromatic carbocycles. The fourth-order valence-corrected chi connectivity index (χ4v) is 3.05. The van der Waals surface area contributed by atoms with Crippen LogP contribution in [-0.2, 0) is 23.0 Å². The van der Waals surface area contributed by atoms with Crippen molar-refractivity contribution in [2.24, 2.45) is 13.0 Å². The third-order valence-electron chi connectivity index (χ3n) is 4.23. The Balaban J connectivity index is 1.72. The number of ether oxygens (including phenoxy) is 1. The largest absolute Gasteiger partial charge is 0.375 e. The predicted octanol–water partition coefficient (Wildman–Crippen LogP) is 0.914. The zero-order valence-electron chi connectivity index (χ0n) is 13.5. The summed E-state index contributed by atoms with van der Waals surface area (Å²) in [5, 5.41) is 4.20. The van der Waals surface area contributed by atoms with Crippen molar-refractivity contribution in [1.29, 1.82) is 0 Å². The van der Waals surface area contributed by atoms with Crippen molar-refractivity contribution in [2.75, 3.05) is 26.8 Å². The second-order valence-corrected chi connectivity index (χ2v) is 5.82. The molecular formula is C16H21N5O2. The molecule has 1 fully saturated rings. The Hall–Kier alpha value is -2.28. The van der Waals surface area contributed by atoms with E-state index in [2.05, 4.69) is 15.1 Å². The molecule has 0 saturated carbocycles. The minimum absolute atomic E-state index is 0.0565. The maximum absolute atomic E-state index is 11.9. The monoisotopic (exact) mass is 315 g/mol. The molecule has 1 atom stereocenters. The molecule has 3 rings (SSSR count). The molecule has 2 aromatic rings. The molecule has 1 saturated heterocycles. The molecule has 2 aromatic heterocycles. The topological polar surface area (TPSA) is 73.1 Å². The highest BCUT2D eigenvalue weighted by atomic mass is 16.5. The van der Waals surface area contributed by atoms with Crippen molar-refractivity contribution >= 4 is 5.91 Å². The van der Waals surface area contributed by atoms with Gasteiger partial charge in [0.1, 0.15) is 12.3 Å². The average molecular weight is 315 g/mol. The average Bonchev–Trinajstić information content (AvgIpc) is 3.17. The Kier molecular flexibility index (Phi) is 4.66. The molecule has 122 valence electrons. The van der Waals surface area contributed by atoms with E-state index in [-0.39, 0.29) is 12.5 Å². The number of carbonyl (C=O) groups is 1. The van der Waals surface area contributed by atoms with Gasteiger partial charge in [0.25, 0.3) is 0 Å². The minimum atomic E-state index is 0.0565. The molecule has 1 amide bonds. The van der Waals surface area contributed by atoms with E-state index in [1.165, 1.54) is 0 Å². The fourth-order valence-electron chi connectivity index (χ4n) is 3.05. The Morgan fingerprint density at radius 2 is 2.17 bits per heavy atom. The van der Waals surface area contributed by atoms with Crippen LogP contribution in [0.15, 0.2) is 24.7 Å². The molecule has 1 aliphatic rings. The van der Waals surface area contributed by atoms with Gasteiger partial charge in [0.2, 0.25) is 5.91 Å². The number of amides is 1. The number of aromatic nitrogens is 4. The van der Waals surface area contributed by atoms with Gasteiger partial charge in [-0.1, -0.05) is 0 Å². The standard InChI is InChI=1S/C16H21N5O2/c1-20-14(3-5-19-20)16-13(17-6-7-18-16)9-12-4-8-21(10-12)15(22)11-23-2/h3,5-7,12H,4,8-11H2,1-2H3. The summed E-state index contributed by atoms with van der Waals surface area (Å²) in [5.41, 5.74) is 2.79. The summed E-state index contributed by atoms with van der Waals surface area (Å²) >= 11 is 0. The Labute approximate surface area is 135 Å². The van der Waals surface area contributed by atoms with Gasteiger partial charge in [-0.25, -0.2) is 0 Å². The van der Waals surface area contributed by atoms with E-state index in [9.17, 15) is 4.79 Å². The first-order valence-corrected chi connectivity index (χ1v) is 7.74. The molecule has 0 aliphatic carbocycles. The molecule has 0 spiro atoms. The normalized spacial score (nSPS) is 17.7. The fraction of sp³-hybridized carbons (Fsp3) is 0.500. The molecule has 3 heterocycles. The molecule has 7 heteroatoms. The number of hydrogen-bond donors (Lipinski definition) is 0. The van der Waals surface area contributed by atoms with Gasteiger partial charge in [0.15, 0.2) is 0 Å². The number of likely N-dealkylation sites (tertiary alicyclic amines) is 1. The van der Waals surface area contributed by atoms with Crippen LogP contribution in [0.1, 0.15) is 12.1 Å². The van der Waals surface area contributed by atoms with Crippen LogP contribution in [0.5, 0.6) is 0 Å². The van der Waals surface area contributed by atoms with Crippen molar-refractivity contribution in [3.8, 4) is 11.4 Å². The van der Waals surface area contributed by atoms with Crippen molar-refractivity contribution in [2.45, 2.75) is 12.8 Å². The summed E-state index contributed by atoms with van der Waals surface area (Å²) < 4.78 is 6.73. The number of nitrogens with zero attached hydrogens (tertiary/aromatic N) is 5. The lowest BCUT2D eigenvalue weighted by Crippen LogP contribution is -2.31. The van der Waals surface area contributed by atoms with Crippen LogP contribution < -0.4 is 0 Å². The van der Waals surface area contributed by atoms with Gasteiger partial charge < -0.3 is 9.64 Å². The maximum Gasteiger partial charge on any atom is 0.248 e. The summed E-state index contributed by atoms with van der Waals surface area (Å²) in [6, 6.07) is 1.94. The van der Waals surface area contributed by atoms with E-state index in [4.69, 9.17) is 4.74 Å². The van der Waals surface area contributed by atoms with Gasteiger partial charge >= 0.3 is 0 Å². The summed E-state index contributed by atoms with van der Waals surface area (Å²) in [4.78, 5) is 22.8. The highest BCUT2D eigenvalue weighted by Crippen LogP contribution is 2.25. The number of aryl methyl sites for hydroxylation is 1. The third kappa shape index (κ3) is 3.39. The Morgan fingerprint density at radius 1 is 1.35 bits per heavy atom. The second-order valence-electron chi connectivity index (χ2n) is 5.82. The van der Waals surface area contributed by atoms with Crippen molar-refractivity contribution in [1.82, 2.24) is 24.6 Å². The van der Waals surface area contributed by atoms with E-state index in [0.29, 0.717) is 5.92 Å². The van der Waals surface area contributed by atoms with Crippen LogP contribution in [0.3, 0.4) is 0 Å². The van der Waals surface area contributed by atoms with Crippen LogP contribution in [0, 0.1) is 5.92 Å². The summed E-state index contributed by atoms with van der Waals surface area (Å²) in [6.07, 6.45) is 6.98. The maximum atomic E-state index is 11.9. The van der Waals surface area contributed by atoms with Crippen LogP contribution in [0.2, 0.25) is 0 Å². The van der Waals surface area contributed by atoms with Crippen LogP contribution >= 0.6 is 0 Å². The first kappa shape index (κ1) is 15.6. The van der Waals surface area contributed by atoms with Gasteiger partial charge in [0, 0.05) is 45.8 Å². The van der Waals surface area contributed by atoms with Crippen LogP contribution in [0.4, 0.5) is 0 Å². The number of hydrogen-bond acceptors (Lipinski definition) is 5. The molecular weight excluding hydrogens is 294 g/mol. The first-order valence-electron chi connectivity index (χ1n) is 7.74. The Morgan fingerprint density at radius 3 is 2.91 bits per heavy atom. The van der Waals surface area contributed by atoms with Crippen molar-refractivity contribution in [3.05, 3.63) is 30.4 Å². The number of carbonyl (C=O) groups excluding carboxylic acids is 1. The highest BCUT2D eigenvalue weighted by Gasteiger charge is 2.27. The van der Waals surface area contributed by atoms with Gasteiger partial charge in [0.05, 0.1) is 11.4 Å². The third-order valence-corrected chi connectivity index (χ3v) is 4.23. The zero-order valence-corrected chi connectivity index (χ0v) is 13.5. The minimum Gasteiger partial charge on any atom is -0.375 e. The summed E-state index contributed by atoms with van der Waals surface area (Å²) in [5.74, 6) is 0.459. The number of methoxy groups -OCH3 is 1. The quantitative estimate of drug-likeness (QED) is 0.820. The molecule has 0 radical (unpaired) electrons. The first-order chi connectivity index (χ1) is 11.2. The van der Waals surface area contributed by atoms with E-state index >= 15 is 0 Å². The van der Waals surface area contributed by atoms with Gasteiger partial charge in [-0.2, -0.15) is 5.10 Å². The smallest absolute Gasteiger partial charge is 0.248 e. The van der Waals surface area contributed by atoms with Crippen LogP contribution in [0.25, 0.3) is 11.4 Å². The van der Waals surface area contributed by atoms with Crippen molar-refractivity contribution in [3.63, 3.8) is 0 Å². The lowest BCUT2D eigenvalue weighted by molar-refractivity contribution is -0.134. The van der Waals surface area contributed by atoms with Gasteiger partial charge in [-0.15, -0.1) is 0 Å². The molecule has 0 bridgehead atoms. The van der Waals surface area contributed by atoms with Gasteiger partial charge in [-0.05, 0) is 24.8 Å². The second kappa shape index (κ2) is 6.87. The molecule has 1 aliphatic heterocycles. The van der Waals surface area contributed by atoms with E-state index in [1.54, 1.807) is 30.4 Å². The lowest BCUT2D eigenvalue weighted by atomic mass is 10.0. The van der Waals surface area contributed by atoms with E-state index in [1.807, 2.05) is 18.0 Å². The Bertz CT molecular complexity index is 685. The molecule has 7 nitrogen and oxygen atoms in total. The number of rotatable bonds is 5. The lowest BCUT2D eigenvalue weighted by Gasteiger charge is -2.16. The SMILES string of the molecule is COCC(=O)N1CCC(Cc2nccnc2-c2ccnn2C)C1. The van der Waals surface area contributed by atoms with E-state index in [0.717, 1.165) is 43.0 Å². The van der Waals surface area contributed by atoms with E-state index < -0.39 is 0 Å². The zero-order chi connectivity index (χ0) is 16.2. The summed E-state index contributed by atoms with van der Waals surface area (Å²) in [6.45, 7) is 1.69. The van der Waals surface area contributed by atoms with Gasteiger partial charge in [-0.3, -0.25) is 19.4 Å². The predicted molar refractivity (Wildman–Crippen MR) is 84.5 cm³/mol. The molecule has 23 heavy (non-hydrogen) atoms.